The molecule has 104 valence electrons. The van der Waals surface area contributed by atoms with E-state index in [1.165, 1.54) is 23.7 Å². The summed E-state index contributed by atoms with van der Waals surface area (Å²) in [6, 6.07) is 1.29. The van der Waals surface area contributed by atoms with Crippen LogP contribution in [0.15, 0.2) is 17.2 Å². The lowest BCUT2D eigenvalue weighted by Gasteiger charge is -2.24. The molecule has 2 N–H and O–H groups in total. The minimum Gasteiger partial charge on any atom is -0.390 e. The van der Waals surface area contributed by atoms with Crippen LogP contribution in [-0.4, -0.2) is 49.1 Å². The van der Waals surface area contributed by atoms with Gasteiger partial charge in [0, 0.05) is 31.6 Å². The summed E-state index contributed by atoms with van der Waals surface area (Å²) >= 11 is 0. The minimum absolute atomic E-state index is 0.155. The third-order valence-electron chi connectivity index (χ3n) is 2.59. The van der Waals surface area contributed by atoms with Gasteiger partial charge >= 0.3 is 0 Å². The SMILES string of the molecule is COCCN(C(C)C)S(=O)(=O)c1c[nH]c(CO)c1. The molecule has 6 nitrogen and oxygen atoms in total. The fourth-order valence-corrected chi connectivity index (χ4v) is 3.27. The van der Waals surface area contributed by atoms with Crippen molar-refractivity contribution in [3.8, 4) is 0 Å². The van der Waals surface area contributed by atoms with E-state index in [0.29, 0.717) is 18.8 Å². The van der Waals surface area contributed by atoms with Crippen molar-refractivity contribution in [2.75, 3.05) is 20.3 Å². The normalized spacial score (nSPS) is 12.6. The largest absolute Gasteiger partial charge is 0.390 e. The number of ether oxygens (including phenoxy) is 1. The Labute approximate surface area is 108 Å². The number of aliphatic hydroxyl groups is 1. The van der Waals surface area contributed by atoms with Crippen LogP contribution in [0, 0.1) is 0 Å². The molecule has 0 aliphatic heterocycles. The monoisotopic (exact) mass is 276 g/mol. The maximum atomic E-state index is 12.4. The Hall–Kier alpha value is -0.890. The number of H-pyrrole nitrogens is 1. The topological polar surface area (TPSA) is 82.6 Å². The number of hydrogen-bond acceptors (Lipinski definition) is 4. The molecule has 0 aliphatic rings. The Morgan fingerprint density at radius 3 is 2.61 bits per heavy atom. The van der Waals surface area contributed by atoms with Gasteiger partial charge in [0.1, 0.15) is 0 Å². The highest BCUT2D eigenvalue weighted by molar-refractivity contribution is 7.89. The van der Waals surface area contributed by atoms with Crippen LogP contribution in [0.2, 0.25) is 0 Å². The number of nitrogens with zero attached hydrogens (tertiary/aromatic N) is 1. The van der Waals surface area contributed by atoms with Crippen LogP contribution < -0.4 is 0 Å². The molecule has 1 heterocycles. The van der Waals surface area contributed by atoms with Crippen molar-refractivity contribution in [2.45, 2.75) is 31.4 Å². The van der Waals surface area contributed by atoms with Crippen LogP contribution in [0.1, 0.15) is 19.5 Å². The first-order valence-corrected chi connectivity index (χ1v) is 7.16. The van der Waals surface area contributed by atoms with E-state index in [9.17, 15) is 8.42 Å². The van der Waals surface area contributed by atoms with Crippen molar-refractivity contribution in [2.24, 2.45) is 0 Å². The summed E-state index contributed by atoms with van der Waals surface area (Å²) in [6.07, 6.45) is 1.39. The lowest BCUT2D eigenvalue weighted by Crippen LogP contribution is -2.39. The van der Waals surface area contributed by atoms with Crippen molar-refractivity contribution >= 4 is 10.0 Å². The Morgan fingerprint density at radius 2 is 2.17 bits per heavy atom. The quantitative estimate of drug-likeness (QED) is 0.762. The van der Waals surface area contributed by atoms with Gasteiger partial charge in [0.15, 0.2) is 0 Å². The number of nitrogens with one attached hydrogen (secondary N) is 1. The Morgan fingerprint density at radius 1 is 1.50 bits per heavy atom. The Kier molecular flexibility index (Phi) is 5.33. The molecule has 0 atom stereocenters. The zero-order valence-electron chi connectivity index (χ0n) is 10.9. The fourth-order valence-electron chi connectivity index (χ4n) is 1.63. The average Bonchev–Trinajstić information content (AvgIpc) is 2.77. The predicted octanol–water partition coefficient (Wildman–Crippen LogP) is 0.552. The van der Waals surface area contributed by atoms with E-state index >= 15 is 0 Å². The van der Waals surface area contributed by atoms with Gasteiger partial charge in [-0.2, -0.15) is 4.31 Å². The number of aromatic nitrogens is 1. The molecule has 7 heteroatoms. The van der Waals surface area contributed by atoms with Gasteiger partial charge in [0.05, 0.1) is 18.1 Å². The summed E-state index contributed by atoms with van der Waals surface area (Å²) < 4.78 is 31.1. The summed E-state index contributed by atoms with van der Waals surface area (Å²) in [4.78, 5) is 2.89. The highest BCUT2D eigenvalue weighted by Gasteiger charge is 2.27. The average molecular weight is 276 g/mol. The third kappa shape index (κ3) is 3.32. The summed E-state index contributed by atoms with van der Waals surface area (Å²) in [5, 5.41) is 8.95. The third-order valence-corrected chi connectivity index (χ3v) is 4.64. The molecular formula is C11H20N2O4S. The number of aliphatic hydroxyl groups excluding tert-OH is 1. The Bertz CT molecular complexity index is 467. The minimum atomic E-state index is -3.55. The molecule has 1 rings (SSSR count). The van der Waals surface area contributed by atoms with Crippen LogP contribution in [0.5, 0.6) is 0 Å². The molecule has 0 spiro atoms. The second-order valence-electron chi connectivity index (χ2n) is 4.22. The van der Waals surface area contributed by atoms with Crippen LogP contribution >= 0.6 is 0 Å². The molecule has 0 fully saturated rings. The van der Waals surface area contributed by atoms with Crippen molar-refractivity contribution < 1.29 is 18.3 Å². The van der Waals surface area contributed by atoms with Gasteiger partial charge in [0.2, 0.25) is 10.0 Å². The zero-order valence-corrected chi connectivity index (χ0v) is 11.7. The van der Waals surface area contributed by atoms with E-state index in [0.717, 1.165) is 0 Å². The summed E-state index contributed by atoms with van der Waals surface area (Å²) in [5.74, 6) is 0. The van der Waals surface area contributed by atoms with Gasteiger partial charge in [-0.05, 0) is 19.9 Å². The smallest absolute Gasteiger partial charge is 0.244 e. The first-order valence-electron chi connectivity index (χ1n) is 5.72. The maximum Gasteiger partial charge on any atom is 0.244 e. The van der Waals surface area contributed by atoms with Crippen LogP contribution in [0.25, 0.3) is 0 Å². The molecule has 0 unspecified atom stereocenters. The molecule has 0 saturated carbocycles. The molecule has 18 heavy (non-hydrogen) atoms. The van der Waals surface area contributed by atoms with Crippen molar-refractivity contribution in [1.29, 1.82) is 0 Å². The van der Waals surface area contributed by atoms with Crippen molar-refractivity contribution in [3.63, 3.8) is 0 Å². The lowest BCUT2D eigenvalue weighted by molar-refractivity contribution is 0.171. The maximum absolute atomic E-state index is 12.4. The molecular weight excluding hydrogens is 256 g/mol. The second kappa shape index (κ2) is 6.33. The summed E-state index contributed by atoms with van der Waals surface area (Å²) in [6.45, 7) is 4.06. The van der Waals surface area contributed by atoms with E-state index < -0.39 is 10.0 Å². The number of sulfonamides is 1. The van der Waals surface area contributed by atoms with Gasteiger partial charge in [-0.25, -0.2) is 8.42 Å². The Balaban J connectivity index is 3.00. The highest BCUT2D eigenvalue weighted by Crippen LogP contribution is 2.19. The zero-order chi connectivity index (χ0) is 13.8. The molecule has 0 aromatic carbocycles. The van der Waals surface area contributed by atoms with Crippen molar-refractivity contribution in [3.05, 3.63) is 18.0 Å². The van der Waals surface area contributed by atoms with E-state index in [2.05, 4.69) is 4.98 Å². The predicted molar refractivity (Wildman–Crippen MR) is 67.6 cm³/mol. The van der Waals surface area contributed by atoms with E-state index in [1.807, 2.05) is 13.8 Å². The summed E-state index contributed by atoms with van der Waals surface area (Å²) in [5.41, 5.74) is 0.476. The summed E-state index contributed by atoms with van der Waals surface area (Å²) in [7, 11) is -2.02. The van der Waals surface area contributed by atoms with Gasteiger partial charge in [-0.15, -0.1) is 0 Å². The molecule has 1 aromatic rings. The van der Waals surface area contributed by atoms with E-state index in [4.69, 9.17) is 9.84 Å². The molecule has 0 aliphatic carbocycles. The van der Waals surface area contributed by atoms with E-state index in [-0.39, 0.29) is 17.5 Å². The molecule has 0 bridgehead atoms. The number of aromatic amines is 1. The van der Waals surface area contributed by atoms with Gasteiger partial charge < -0.3 is 14.8 Å². The molecule has 1 aromatic heterocycles. The van der Waals surface area contributed by atoms with Gasteiger partial charge in [-0.1, -0.05) is 0 Å². The van der Waals surface area contributed by atoms with Crippen molar-refractivity contribution in [1.82, 2.24) is 9.29 Å². The number of methoxy groups -OCH3 is 1. The van der Waals surface area contributed by atoms with Crippen LogP contribution in [0.4, 0.5) is 0 Å². The van der Waals surface area contributed by atoms with Gasteiger partial charge in [-0.3, -0.25) is 0 Å². The fraction of sp³-hybridized carbons (Fsp3) is 0.636. The second-order valence-corrected chi connectivity index (χ2v) is 6.11. The van der Waals surface area contributed by atoms with Gasteiger partial charge in [0.25, 0.3) is 0 Å². The first kappa shape index (κ1) is 15.2. The molecule has 0 saturated heterocycles. The first-order chi connectivity index (χ1) is 8.43. The lowest BCUT2D eigenvalue weighted by atomic mass is 10.4. The number of rotatable bonds is 7. The van der Waals surface area contributed by atoms with Crippen LogP contribution in [0.3, 0.4) is 0 Å². The standard InChI is InChI=1S/C11H20N2O4S/c1-9(2)13(4-5-17-3)18(15,16)11-6-10(8-14)12-7-11/h6-7,9,12,14H,4-5,8H2,1-3H3. The van der Waals surface area contributed by atoms with E-state index in [1.54, 1.807) is 0 Å². The highest BCUT2D eigenvalue weighted by atomic mass is 32.2. The molecule has 0 amide bonds. The van der Waals surface area contributed by atoms with Crippen LogP contribution in [-0.2, 0) is 21.4 Å². The molecule has 0 radical (unpaired) electrons. The number of hydrogen-bond donors (Lipinski definition) is 2.